The van der Waals surface area contributed by atoms with Gasteiger partial charge < -0.3 is 4.90 Å². The normalized spacial score (nSPS) is 11.3. The molecule has 0 amide bonds. The van der Waals surface area contributed by atoms with E-state index in [0.717, 1.165) is 13.1 Å². The summed E-state index contributed by atoms with van der Waals surface area (Å²) in [6, 6.07) is 6.63. The Kier molecular flexibility index (Phi) is 6.01. The molecule has 1 nitrogen and oxygen atoms in total. The Bertz CT molecular complexity index is 361. The van der Waals surface area contributed by atoms with Gasteiger partial charge in [0.05, 0.1) is 0 Å². The zero-order valence-electron chi connectivity index (χ0n) is 12.3. The summed E-state index contributed by atoms with van der Waals surface area (Å²) in [5, 5.41) is 0. The molecule has 1 aromatic rings. The summed E-state index contributed by atoms with van der Waals surface area (Å²) < 4.78 is 0. The third-order valence-corrected chi connectivity index (χ3v) is 3.29. The minimum absolute atomic E-state index is 0.598. The van der Waals surface area contributed by atoms with Crippen LogP contribution >= 0.6 is 11.6 Å². The lowest BCUT2D eigenvalue weighted by Crippen LogP contribution is -2.31. The van der Waals surface area contributed by atoms with Gasteiger partial charge in [0.15, 0.2) is 0 Å². The second-order valence-electron chi connectivity index (χ2n) is 5.94. The molecule has 0 unspecified atom stereocenters. The summed E-state index contributed by atoms with van der Waals surface area (Å²) in [6.45, 7) is 13.4. The number of rotatable bonds is 6. The third kappa shape index (κ3) is 4.53. The van der Waals surface area contributed by atoms with E-state index in [0.29, 0.717) is 17.7 Å². The Hall–Kier alpha value is -0.690. The fourth-order valence-corrected chi connectivity index (χ4v) is 2.49. The van der Waals surface area contributed by atoms with E-state index >= 15 is 0 Å². The average Bonchev–Trinajstić information content (AvgIpc) is 2.26. The van der Waals surface area contributed by atoms with Crippen molar-refractivity contribution in [1.29, 1.82) is 0 Å². The molecular weight excluding hydrogens is 242 g/mol. The van der Waals surface area contributed by atoms with Crippen LogP contribution in [0.4, 0.5) is 5.69 Å². The SMILES string of the molecule is Cc1cc(N(CC(C)C)CC(C)C)ccc1CCl. The maximum atomic E-state index is 5.92. The van der Waals surface area contributed by atoms with Crippen LogP contribution in [0.1, 0.15) is 38.8 Å². The monoisotopic (exact) mass is 267 g/mol. The minimum atomic E-state index is 0.598. The molecule has 102 valence electrons. The largest absolute Gasteiger partial charge is 0.371 e. The second kappa shape index (κ2) is 7.04. The molecule has 0 bridgehead atoms. The lowest BCUT2D eigenvalue weighted by molar-refractivity contribution is 0.552. The minimum Gasteiger partial charge on any atom is -0.371 e. The Morgan fingerprint density at radius 2 is 1.61 bits per heavy atom. The van der Waals surface area contributed by atoms with Crippen LogP contribution in [0.5, 0.6) is 0 Å². The first kappa shape index (κ1) is 15.4. The van der Waals surface area contributed by atoms with Gasteiger partial charge in [-0.25, -0.2) is 0 Å². The first-order chi connectivity index (χ1) is 8.43. The first-order valence-electron chi connectivity index (χ1n) is 6.84. The number of hydrogen-bond donors (Lipinski definition) is 0. The van der Waals surface area contributed by atoms with Crippen molar-refractivity contribution in [2.24, 2.45) is 11.8 Å². The van der Waals surface area contributed by atoms with Gasteiger partial charge in [0, 0.05) is 24.7 Å². The quantitative estimate of drug-likeness (QED) is 0.666. The van der Waals surface area contributed by atoms with Gasteiger partial charge >= 0.3 is 0 Å². The van der Waals surface area contributed by atoms with Crippen molar-refractivity contribution >= 4 is 17.3 Å². The molecule has 0 aromatic heterocycles. The van der Waals surface area contributed by atoms with Gasteiger partial charge in [-0.05, 0) is 42.0 Å². The number of aryl methyl sites for hydroxylation is 1. The molecule has 1 rings (SSSR count). The highest BCUT2D eigenvalue weighted by Gasteiger charge is 2.11. The summed E-state index contributed by atoms with van der Waals surface area (Å²) >= 11 is 5.92. The van der Waals surface area contributed by atoms with Crippen molar-refractivity contribution in [3.63, 3.8) is 0 Å². The van der Waals surface area contributed by atoms with E-state index in [9.17, 15) is 0 Å². The van der Waals surface area contributed by atoms with E-state index in [1.807, 2.05) is 0 Å². The van der Waals surface area contributed by atoms with E-state index in [4.69, 9.17) is 11.6 Å². The molecule has 0 N–H and O–H groups in total. The molecule has 0 heterocycles. The Morgan fingerprint density at radius 3 is 2.00 bits per heavy atom. The molecule has 0 aliphatic rings. The molecule has 0 atom stereocenters. The molecule has 18 heavy (non-hydrogen) atoms. The van der Waals surface area contributed by atoms with E-state index in [1.54, 1.807) is 0 Å². The number of benzene rings is 1. The number of anilines is 1. The molecule has 0 aliphatic heterocycles. The van der Waals surface area contributed by atoms with Crippen LogP contribution < -0.4 is 4.90 Å². The Labute approximate surface area is 117 Å². The van der Waals surface area contributed by atoms with Gasteiger partial charge in [-0.3, -0.25) is 0 Å². The summed E-state index contributed by atoms with van der Waals surface area (Å²) in [4.78, 5) is 2.49. The predicted octanol–water partition coefficient (Wildman–Crippen LogP) is 4.85. The van der Waals surface area contributed by atoms with Crippen molar-refractivity contribution in [2.75, 3.05) is 18.0 Å². The molecule has 0 fully saturated rings. The Morgan fingerprint density at radius 1 is 1.06 bits per heavy atom. The lowest BCUT2D eigenvalue weighted by atomic mass is 10.1. The molecule has 0 saturated heterocycles. The molecular formula is C16H26ClN. The summed E-state index contributed by atoms with van der Waals surface area (Å²) in [5.74, 6) is 1.95. The smallest absolute Gasteiger partial charge is 0.0476 e. The van der Waals surface area contributed by atoms with Gasteiger partial charge in [-0.1, -0.05) is 33.8 Å². The topological polar surface area (TPSA) is 3.24 Å². The zero-order valence-corrected chi connectivity index (χ0v) is 13.1. The maximum absolute atomic E-state index is 5.92. The van der Waals surface area contributed by atoms with Crippen molar-refractivity contribution in [1.82, 2.24) is 0 Å². The number of hydrogen-bond acceptors (Lipinski definition) is 1. The van der Waals surface area contributed by atoms with Crippen molar-refractivity contribution in [3.05, 3.63) is 29.3 Å². The van der Waals surface area contributed by atoms with Gasteiger partial charge in [0.1, 0.15) is 0 Å². The van der Waals surface area contributed by atoms with E-state index in [-0.39, 0.29) is 0 Å². The predicted molar refractivity (Wildman–Crippen MR) is 82.6 cm³/mol. The molecule has 0 saturated carbocycles. The van der Waals surface area contributed by atoms with Gasteiger partial charge in [-0.2, -0.15) is 0 Å². The van der Waals surface area contributed by atoms with E-state index in [2.05, 4.69) is 57.7 Å². The van der Waals surface area contributed by atoms with Gasteiger partial charge in [-0.15, -0.1) is 11.6 Å². The molecule has 0 spiro atoms. The highest BCUT2D eigenvalue weighted by atomic mass is 35.5. The fourth-order valence-electron chi connectivity index (χ4n) is 2.19. The van der Waals surface area contributed by atoms with Crippen LogP contribution in [0.3, 0.4) is 0 Å². The van der Waals surface area contributed by atoms with Crippen LogP contribution in [-0.2, 0) is 5.88 Å². The number of alkyl halides is 1. The van der Waals surface area contributed by atoms with Gasteiger partial charge in [0.2, 0.25) is 0 Å². The molecule has 1 aromatic carbocycles. The highest BCUT2D eigenvalue weighted by Crippen LogP contribution is 2.22. The van der Waals surface area contributed by atoms with Crippen molar-refractivity contribution in [2.45, 2.75) is 40.5 Å². The number of halogens is 1. The summed E-state index contributed by atoms with van der Waals surface area (Å²) in [7, 11) is 0. The fraction of sp³-hybridized carbons (Fsp3) is 0.625. The maximum Gasteiger partial charge on any atom is 0.0476 e. The summed E-state index contributed by atoms with van der Waals surface area (Å²) in [5.41, 5.74) is 3.85. The highest BCUT2D eigenvalue weighted by molar-refractivity contribution is 6.17. The van der Waals surface area contributed by atoms with Crippen LogP contribution in [0.15, 0.2) is 18.2 Å². The molecule has 0 aliphatic carbocycles. The number of nitrogens with zero attached hydrogens (tertiary/aromatic N) is 1. The van der Waals surface area contributed by atoms with Crippen LogP contribution in [-0.4, -0.2) is 13.1 Å². The van der Waals surface area contributed by atoms with E-state index < -0.39 is 0 Å². The average molecular weight is 268 g/mol. The third-order valence-electron chi connectivity index (χ3n) is 3.01. The van der Waals surface area contributed by atoms with Gasteiger partial charge in [0.25, 0.3) is 0 Å². The van der Waals surface area contributed by atoms with E-state index in [1.165, 1.54) is 16.8 Å². The van der Waals surface area contributed by atoms with Crippen molar-refractivity contribution in [3.8, 4) is 0 Å². The molecule has 0 radical (unpaired) electrons. The first-order valence-corrected chi connectivity index (χ1v) is 7.38. The Balaban J connectivity index is 2.93. The standard InChI is InChI=1S/C16H26ClN/c1-12(2)10-18(11-13(3)4)16-7-6-15(9-17)14(5)8-16/h6-8,12-13H,9-11H2,1-5H3. The van der Waals surface area contributed by atoms with Crippen molar-refractivity contribution < 1.29 is 0 Å². The lowest BCUT2D eigenvalue weighted by Gasteiger charge is -2.29. The van der Waals surface area contributed by atoms with Crippen LogP contribution in [0.25, 0.3) is 0 Å². The van der Waals surface area contributed by atoms with Crippen LogP contribution in [0.2, 0.25) is 0 Å². The van der Waals surface area contributed by atoms with Crippen LogP contribution in [0, 0.1) is 18.8 Å². The summed E-state index contributed by atoms with van der Waals surface area (Å²) in [6.07, 6.45) is 0. The zero-order chi connectivity index (χ0) is 13.7. The molecule has 2 heteroatoms. The second-order valence-corrected chi connectivity index (χ2v) is 6.20.